The van der Waals surface area contributed by atoms with Crippen LogP contribution in [0.15, 0.2) is 24.3 Å². The lowest BCUT2D eigenvalue weighted by Gasteiger charge is -2.49. The lowest BCUT2D eigenvalue weighted by Crippen LogP contribution is -2.69. The predicted molar refractivity (Wildman–Crippen MR) is 141 cm³/mol. The summed E-state index contributed by atoms with van der Waals surface area (Å²) < 4.78 is 28.7. The van der Waals surface area contributed by atoms with Gasteiger partial charge in [0.1, 0.15) is 54.9 Å². The maximum Gasteiger partial charge on any atom is 0.176 e. The zero-order valence-corrected chi connectivity index (χ0v) is 23.2. The second-order valence-corrected chi connectivity index (χ2v) is 11.0. The van der Waals surface area contributed by atoms with Crippen molar-refractivity contribution in [2.24, 2.45) is 11.5 Å². The summed E-state index contributed by atoms with van der Waals surface area (Å²) in [5.41, 5.74) is 12.6. The number of aliphatic hydroxyl groups is 8. The Morgan fingerprint density at radius 3 is 1.86 bits per heavy atom. The molecule has 0 aromatic heterocycles. The van der Waals surface area contributed by atoms with E-state index >= 15 is 0 Å². The standard InChI is InChI=1S/C25H40ClN3O13/c26-10-3-1-9(2-4-10)5-29-16-20(36)22(41-24-15(28)18(34)17(33)11(6-30)39-24)13(8-32)40-25(16)42-21-12(7-31)38-23(37)14(27)19(21)35/h1-4,11-25,29-37H,5-8,27-28H2/t11-,12-,13-,14-,15-,16-,17-,18-,19-,20-,21?,22?,23-,24+,25+/m1/s1. The topological polar surface area (TPSA) is 272 Å². The van der Waals surface area contributed by atoms with E-state index in [1.54, 1.807) is 24.3 Å². The maximum atomic E-state index is 11.5. The van der Waals surface area contributed by atoms with Gasteiger partial charge in [-0.1, -0.05) is 23.7 Å². The first-order valence-corrected chi connectivity index (χ1v) is 13.9. The van der Waals surface area contributed by atoms with Crippen LogP contribution >= 0.6 is 11.6 Å². The van der Waals surface area contributed by atoms with E-state index < -0.39 is 112 Å². The zero-order chi connectivity index (χ0) is 30.7. The average Bonchev–Trinajstić information content (AvgIpc) is 2.98. The van der Waals surface area contributed by atoms with Crippen molar-refractivity contribution in [2.75, 3.05) is 19.8 Å². The molecule has 0 radical (unpaired) electrons. The monoisotopic (exact) mass is 625 g/mol. The molecule has 0 amide bonds. The van der Waals surface area contributed by atoms with Gasteiger partial charge in [-0.15, -0.1) is 0 Å². The van der Waals surface area contributed by atoms with E-state index in [1.807, 2.05) is 0 Å². The molecule has 3 aliphatic heterocycles. The van der Waals surface area contributed by atoms with E-state index in [0.29, 0.717) is 5.02 Å². The van der Waals surface area contributed by atoms with Crippen LogP contribution in [0.1, 0.15) is 5.56 Å². The summed E-state index contributed by atoms with van der Waals surface area (Å²) in [6.07, 6.45) is -16.9. The summed E-state index contributed by atoms with van der Waals surface area (Å²) in [5, 5.41) is 85.8. The molecule has 13 N–H and O–H groups in total. The molecule has 0 aliphatic carbocycles. The third-order valence-corrected chi connectivity index (χ3v) is 7.99. The van der Waals surface area contributed by atoms with E-state index in [1.165, 1.54) is 0 Å². The number of aliphatic hydroxyl groups excluding tert-OH is 8. The van der Waals surface area contributed by atoms with Gasteiger partial charge in [-0.3, -0.25) is 0 Å². The van der Waals surface area contributed by atoms with Crippen LogP contribution in [0.2, 0.25) is 5.02 Å². The minimum atomic E-state index is -1.58. The second kappa shape index (κ2) is 14.8. The SMILES string of the molecule is N[C@H]1[C@H](OC2[C@@H](CO)O[C@@H](OC3[C@@H](CO)O[C@@H](O)[C@H](N)[C@H]3O)[C@H](NCc3ccc(Cl)cc3)[C@H]2O)O[C@H](CO)[C@@H](O)[C@@H]1O. The second-order valence-electron chi connectivity index (χ2n) is 10.6. The van der Waals surface area contributed by atoms with E-state index in [4.69, 9.17) is 46.8 Å². The fourth-order valence-electron chi connectivity index (χ4n) is 5.21. The van der Waals surface area contributed by atoms with Gasteiger partial charge in [0.25, 0.3) is 0 Å². The highest BCUT2D eigenvalue weighted by Gasteiger charge is 2.53. The highest BCUT2D eigenvalue weighted by atomic mass is 35.5. The van der Waals surface area contributed by atoms with Crippen molar-refractivity contribution in [1.82, 2.24) is 5.32 Å². The summed E-state index contributed by atoms with van der Waals surface area (Å²) in [7, 11) is 0. The predicted octanol–water partition coefficient (Wildman–Crippen LogP) is -5.19. The first kappa shape index (κ1) is 33.8. The molecule has 4 rings (SSSR count). The normalized spacial score (nSPS) is 44.7. The molecule has 0 saturated carbocycles. The van der Waals surface area contributed by atoms with Gasteiger partial charge in [-0.2, -0.15) is 0 Å². The van der Waals surface area contributed by atoms with Gasteiger partial charge in [0, 0.05) is 11.6 Å². The van der Waals surface area contributed by atoms with Gasteiger partial charge in [0.05, 0.1) is 37.9 Å². The molecule has 3 saturated heterocycles. The van der Waals surface area contributed by atoms with Crippen LogP contribution < -0.4 is 16.8 Å². The molecule has 240 valence electrons. The first-order valence-electron chi connectivity index (χ1n) is 13.5. The molecule has 3 aliphatic rings. The number of hydrogen-bond donors (Lipinski definition) is 11. The molecule has 15 atom stereocenters. The third-order valence-electron chi connectivity index (χ3n) is 7.74. The summed E-state index contributed by atoms with van der Waals surface area (Å²) in [4.78, 5) is 0. The largest absolute Gasteiger partial charge is 0.394 e. The number of rotatable bonds is 10. The third kappa shape index (κ3) is 7.22. The van der Waals surface area contributed by atoms with Crippen molar-refractivity contribution in [1.29, 1.82) is 0 Å². The highest BCUT2D eigenvalue weighted by molar-refractivity contribution is 6.30. The molecular formula is C25H40ClN3O13. The van der Waals surface area contributed by atoms with Gasteiger partial charge in [0.15, 0.2) is 18.9 Å². The Balaban J connectivity index is 1.58. The van der Waals surface area contributed by atoms with Gasteiger partial charge in [0.2, 0.25) is 0 Å². The Morgan fingerprint density at radius 1 is 0.690 bits per heavy atom. The smallest absolute Gasteiger partial charge is 0.176 e. The van der Waals surface area contributed by atoms with Crippen molar-refractivity contribution in [2.45, 2.75) is 98.5 Å². The van der Waals surface area contributed by atoms with Crippen molar-refractivity contribution in [3.05, 3.63) is 34.9 Å². The lowest BCUT2D eigenvalue weighted by molar-refractivity contribution is -0.350. The fourth-order valence-corrected chi connectivity index (χ4v) is 5.34. The molecule has 3 heterocycles. The number of halogens is 1. The Kier molecular flexibility index (Phi) is 11.9. The van der Waals surface area contributed by atoms with Gasteiger partial charge < -0.3 is 81.3 Å². The van der Waals surface area contributed by atoms with E-state index in [-0.39, 0.29) is 6.54 Å². The lowest BCUT2D eigenvalue weighted by atomic mass is 9.94. The molecule has 0 bridgehead atoms. The van der Waals surface area contributed by atoms with Crippen LogP contribution in [-0.4, -0.2) is 153 Å². The zero-order valence-electron chi connectivity index (χ0n) is 22.4. The molecule has 1 aromatic rings. The van der Waals surface area contributed by atoms with Gasteiger partial charge in [-0.25, -0.2) is 0 Å². The average molecular weight is 626 g/mol. The van der Waals surface area contributed by atoms with Crippen LogP contribution in [0.5, 0.6) is 0 Å². The number of benzene rings is 1. The van der Waals surface area contributed by atoms with Crippen LogP contribution in [0, 0.1) is 0 Å². The molecule has 16 nitrogen and oxygen atoms in total. The Morgan fingerprint density at radius 2 is 1.24 bits per heavy atom. The van der Waals surface area contributed by atoms with Crippen LogP contribution in [0.3, 0.4) is 0 Å². The number of ether oxygens (including phenoxy) is 5. The van der Waals surface area contributed by atoms with Gasteiger partial charge in [-0.05, 0) is 17.7 Å². The Bertz CT molecular complexity index is 981. The maximum absolute atomic E-state index is 11.5. The molecule has 17 heteroatoms. The number of nitrogens with two attached hydrogens (primary N) is 2. The number of nitrogens with one attached hydrogen (secondary N) is 1. The van der Waals surface area contributed by atoms with Crippen molar-refractivity contribution < 1.29 is 64.5 Å². The quantitative estimate of drug-likeness (QED) is 0.116. The van der Waals surface area contributed by atoms with Gasteiger partial charge >= 0.3 is 0 Å². The number of hydrogen-bond acceptors (Lipinski definition) is 16. The van der Waals surface area contributed by atoms with E-state index in [0.717, 1.165) is 5.56 Å². The summed E-state index contributed by atoms with van der Waals surface area (Å²) in [6.45, 7) is -1.86. The molecular weight excluding hydrogens is 586 g/mol. The minimum Gasteiger partial charge on any atom is -0.394 e. The molecule has 2 unspecified atom stereocenters. The minimum absolute atomic E-state index is 0.154. The fraction of sp³-hybridized carbons (Fsp3) is 0.760. The first-order chi connectivity index (χ1) is 20.0. The Labute approximate surface area is 246 Å². The highest BCUT2D eigenvalue weighted by Crippen LogP contribution is 2.32. The van der Waals surface area contributed by atoms with Crippen LogP contribution in [-0.2, 0) is 30.2 Å². The van der Waals surface area contributed by atoms with Crippen LogP contribution in [0.4, 0.5) is 0 Å². The summed E-state index contributed by atoms with van der Waals surface area (Å²) >= 11 is 5.98. The van der Waals surface area contributed by atoms with Crippen molar-refractivity contribution >= 4 is 11.6 Å². The van der Waals surface area contributed by atoms with E-state index in [9.17, 15) is 40.9 Å². The summed E-state index contributed by atoms with van der Waals surface area (Å²) in [5.74, 6) is 0. The van der Waals surface area contributed by atoms with Crippen molar-refractivity contribution in [3.8, 4) is 0 Å². The molecule has 0 spiro atoms. The van der Waals surface area contributed by atoms with E-state index in [2.05, 4.69) is 5.32 Å². The molecule has 3 fully saturated rings. The Hall–Kier alpha value is -1.13. The summed E-state index contributed by atoms with van der Waals surface area (Å²) in [6, 6.07) is 3.10. The molecule has 1 aromatic carbocycles. The van der Waals surface area contributed by atoms with Crippen molar-refractivity contribution in [3.63, 3.8) is 0 Å². The molecule has 42 heavy (non-hydrogen) atoms. The van der Waals surface area contributed by atoms with Crippen LogP contribution in [0.25, 0.3) is 0 Å².